The van der Waals surface area contributed by atoms with Crippen LogP contribution in [-0.4, -0.2) is 32.8 Å². The van der Waals surface area contributed by atoms with E-state index in [0.717, 1.165) is 39.2 Å². The van der Waals surface area contributed by atoms with Gasteiger partial charge in [0.05, 0.1) is 30.2 Å². The van der Waals surface area contributed by atoms with E-state index in [4.69, 9.17) is 9.47 Å². The molecular weight excluding hydrogens is 394 g/mol. The Morgan fingerprint density at radius 1 is 1.16 bits per heavy atom. The van der Waals surface area contributed by atoms with Crippen LogP contribution < -0.4 is 10.1 Å². The van der Waals surface area contributed by atoms with Gasteiger partial charge in [0.15, 0.2) is 0 Å². The third-order valence-electron chi connectivity index (χ3n) is 5.14. The Labute approximate surface area is 180 Å². The topological polar surface area (TPSA) is 83.2 Å². The maximum atomic E-state index is 12.3. The molecule has 0 saturated heterocycles. The Bertz CT molecular complexity index is 1240. The van der Waals surface area contributed by atoms with Crippen LogP contribution in [0.25, 0.3) is 22.2 Å². The average Bonchev–Trinajstić information content (AvgIpc) is 3.35. The molecule has 8 nitrogen and oxygen atoms in total. The van der Waals surface area contributed by atoms with Gasteiger partial charge < -0.3 is 9.47 Å². The normalized spacial score (nSPS) is 11.0. The summed E-state index contributed by atoms with van der Waals surface area (Å²) in [6.45, 7) is 4.78. The standard InChI is InChI=1S/C23H25N5O3/c1-5-28-18(12-20(26-28)19-8-6-15(2)10-22(19)30-4)14-31-23(29)25-17-7-9-21-16(11-17)13-24-27(21)3/h6-13H,5,14H2,1-4H3,(H,25,29). The maximum absolute atomic E-state index is 12.3. The number of anilines is 1. The summed E-state index contributed by atoms with van der Waals surface area (Å²) in [6.07, 6.45) is 1.23. The van der Waals surface area contributed by atoms with Crippen molar-refractivity contribution in [1.82, 2.24) is 19.6 Å². The van der Waals surface area contributed by atoms with Crippen molar-refractivity contribution in [2.75, 3.05) is 12.4 Å². The van der Waals surface area contributed by atoms with E-state index >= 15 is 0 Å². The first-order chi connectivity index (χ1) is 15.0. The maximum Gasteiger partial charge on any atom is 0.412 e. The van der Waals surface area contributed by atoms with Crippen LogP contribution in [-0.2, 0) is 24.9 Å². The number of nitrogens with zero attached hydrogens (tertiary/aromatic N) is 4. The fourth-order valence-electron chi connectivity index (χ4n) is 3.52. The summed E-state index contributed by atoms with van der Waals surface area (Å²) in [5, 5.41) is 12.6. The second kappa shape index (κ2) is 8.51. The monoisotopic (exact) mass is 419 g/mol. The minimum absolute atomic E-state index is 0.107. The lowest BCUT2D eigenvalue weighted by Crippen LogP contribution is -2.15. The summed E-state index contributed by atoms with van der Waals surface area (Å²) in [6, 6.07) is 13.5. The van der Waals surface area contributed by atoms with Crippen molar-refractivity contribution in [2.24, 2.45) is 7.05 Å². The van der Waals surface area contributed by atoms with Gasteiger partial charge in [-0.1, -0.05) is 6.07 Å². The highest BCUT2D eigenvalue weighted by atomic mass is 16.5. The van der Waals surface area contributed by atoms with Crippen LogP contribution in [0.2, 0.25) is 0 Å². The highest BCUT2D eigenvalue weighted by Gasteiger charge is 2.15. The molecule has 0 fully saturated rings. The van der Waals surface area contributed by atoms with Crippen LogP contribution in [0.15, 0.2) is 48.7 Å². The summed E-state index contributed by atoms with van der Waals surface area (Å²) < 4.78 is 14.6. The molecule has 2 aromatic carbocycles. The van der Waals surface area contributed by atoms with Crippen LogP contribution in [0.1, 0.15) is 18.2 Å². The van der Waals surface area contributed by atoms with Gasteiger partial charge in [-0.3, -0.25) is 14.7 Å². The van der Waals surface area contributed by atoms with Gasteiger partial charge in [0.25, 0.3) is 0 Å². The van der Waals surface area contributed by atoms with E-state index in [-0.39, 0.29) is 6.61 Å². The van der Waals surface area contributed by atoms with Gasteiger partial charge in [0, 0.05) is 30.2 Å². The lowest BCUT2D eigenvalue weighted by Gasteiger charge is -2.08. The van der Waals surface area contributed by atoms with E-state index in [9.17, 15) is 4.79 Å². The summed E-state index contributed by atoms with van der Waals surface area (Å²) in [5.41, 5.74) is 5.23. The van der Waals surface area contributed by atoms with Crippen LogP contribution in [0.5, 0.6) is 5.75 Å². The summed E-state index contributed by atoms with van der Waals surface area (Å²) in [5.74, 6) is 0.761. The summed E-state index contributed by atoms with van der Waals surface area (Å²) in [7, 11) is 3.52. The molecule has 8 heteroatoms. The van der Waals surface area contributed by atoms with Gasteiger partial charge in [-0.05, 0) is 55.8 Å². The van der Waals surface area contributed by atoms with Gasteiger partial charge >= 0.3 is 6.09 Å². The van der Waals surface area contributed by atoms with Crippen molar-refractivity contribution < 1.29 is 14.3 Å². The Balaban J connectivity index is 1.47. The Kier molecular flexibility index (Phi) is 5.62. The molecule has 1 amide bonds. The van der Waals surface area contributed by atoms with Crippen molar-refractivity contribution >= 4 is 22.7 Å². The molecule has 0 aliphatic rings. The molecule has 160 valence electrons. The smallest absolute Gasteiger partial charge is 0.412 e. The van der Waals surface area contributed by atoms with E-state index in [1.54, 1.807) is 18.0 Å². The number of aryl methyl sites for hydroxylation is 3. The number of rotatable bonds is 6. The van der Waals surface area contributed by atoms with Crippen LogP contribution in [0.4, 0.5) is 10.5 Å². The molecule has 4 aromatic rings. The first kappa shape index (κ1) is 20.5. The van der Waals surface area contributed by atoms with Crippen LogP contribution in [0.3, 0.4) is 0 Å². The molecule has 0 atom stereocenters. The Morgan fingerprint density at radius 2 is 2.00 bits per heavy atom. The highest BCUT2D eigenvalue weighted by molar-refractivity contribution is 5.89. The number of hydrogen-bond acceptors (Lipinski definition) is 5. The third kappa shape index (κ3) is 4.23. The van der Waals surface area contributed by atoms with E-state index in [0.29, 0.717) is 12.2 Å². The molecule has 0 aliphatic heterocycles. The number of methoxy groups -OCH3 is 1. The molecule has 1 N–H and O–H groups in total. The fraction of sp³-hybridized carbons (Fsp3) is 0.261. The summed E-state index contributed by atoms with van der Waals surface area (Å²) in [4.78, 5) is 12.3. The number of amides is 1. The minimum atomic E-state index is -0.526. The van der Waals surface area contributed by atoms with Gasteiger partial charge in [0.2, 0.25) is 0 Å². The van der Waals surface area contributed by atoms with Crippen molar-refractivity contribution in [3.05, 3.63) is 59.9 Å². The van der Waals surface area contributed by atoms with E-state index < -0.39 is 6.09 Å². The lowest BCUT2D eigenvalue weighted by atomic mass is 10.1. The van der Waals surface area contributed by atoms with Gasteiger partial charge in [0.1, 0.15) is 12.4 Å². The molecular formula is C23H25N5O3. The first-order valence-electron chi connectivity index (χ1n) is 10.1. The average molecular weight is 419 g/mol. The molecule has 2 aromatic heterocycles. The molecule has 0 aliphatic carbocycles. The Morgan fingerprint density at radius 3 is 2.77 bits per heavy atom. The number of aromatic nitrogens is 4. The first-order valence-corrected chi connectivity index (χ1v) is 10.1. The largest absolute Gasteiger partial charge is 0.496 e. The fourth-order valence-corrected chi connectivity index (χ4v) is 3.52. The molecule has 0 unspecified atom stereocenters. The van der Waals surface area contributed by atoms with Crippen molar-refractivity contribution in [2.45, 2.75) is 27.0 Å². The molecule has 0 spiro atoms. The minimum Gasteiger partial charge on any atom is -0.496 e. The molecule has 31 heavy (non-hydrogen) atoms. The summed E-state index contributed by atoms with van der Waals surface area (Å²) >= 11 is 0. The Hall–Kier alpha value is -3.81. The van der Waals surface area contributed by atoms with Crippen LogP contribution in [0, 0.1) is 6.92 Å². The molecule has 4 rings (SSSR count). The number of carbonyl (C=O) groups excluding carboxylic acids is 1. The lowest BCUT2D eigenvalue weighted by molar-refractivity contribution is 0.151. The number of ether oxygens (including phenoxy) is 2. The van der Waals surface area contributed by atoms with Crippen molar-refractivity contribution in [3.8, 4) is 17.0 Å². The molecule has 0 radical (unpaired) electrons. The zero-order valence-corrected chi connectivity index (χ0v) is 18.0. The molecule has 2 heterocycles. The second-order valence-corrected chi connectivity index (χ2v) is 7.28. The van der Waals surface area contributed by atoms with Gasteiger partial charge in [-0.2, -0.15) is 10.2 Å². The van der Waals surface area contributed by atoms with Gasteiger partial charge in [-0.25, -0.2) is 4.79 Å². The predicted molar refractivity (Wildman–Crippen MR) is 119 cm³/mol. The number of carbonyl (C=O) groups is 1. The molecule has 0 saturated carbocycles. The zero-order chi connectivity index (χ0) is 22.0. The molecule has 0 bridgehead atoms. The number of benzene rings is 2. The predicted octanol–water partition coefficient (Wildman–Crippen LogP) is 4.52. The van der Waals surface area contributed by atoms with Crippen molar-refractivity contribution in [3.63, 3.8) is 0 Å². The van der Waals surface area contributed by atoms with Crippen molar-refractivity contribution in [1.29, 1.82) is 0 Å². The van der Waals surface area contributed by atoms with E-state index in [1.165, 1.54) is 0 Å². The second-order valence-electron chi connectivity index (χ2n) is 7.28. The number of nitrogens with one attached hydrogen (secondary N) is 1. The third-order valence-corrected chi connectivity index (χ3v) is 5.14. The quantitative estimate of drug-likeness (QED) is 0.497. The number of fused-ring (bicyclic) bond motifs is 1. The SMILES string of the molecule is CCn1nc(-c2ccc(C)cc2OC)cc1COC(=O)Nc1ccc2c(cnn2C)c1. The highest BCUT2D eigenvalue weighted by Crippen LogP contribution is 2.30. The van der Waals surface area contributed by atoms with Gasteiger partial charge in [-0.15, -0.1) is 0 Å². The zero-order valence-electron chi connectivity index (χ0n) is 18.0. The van der Waals surface area contributed by atoms with E-state index in [2.05, 4.69) is 15.5 Å². The van der Waals surface area contributed by atoms with Crippen LogP contribution >= 0.6 is 0 Å². The number of hydrogen-bond donors (Lipinski definition) is 1. The van der Waals surface area contributed by atoms with E-state index in [1.807, 2.05) is 68.0 Å².